The van der Waals surface area contributed by atoms with Crippen molar-refractivity contribution in [3.05, 3.63) is 36.0 Å². The number of hydrogen-bond acceptors (Lipinski definition) is 4. The lowest BCUT2D eigenvalue weighted by atomic mass is 9.93. The number of nitrogens with zero attached hydrogens (tertiary/aromatic N) is 3. The number of unbranched alkanes of at least 4 members (excludes halogenated alkanes) is 1. The molecule has 0 aliphatic carbocycles. The molecule has 6 heteroatoms. The first-order valence-electron chi connectivity index (χ1n) is 10.0. The van der Waals surface area contributed by atoms with Crippen LogP contribution in [-0.2, 0) is 4.79 Å². The van der Waals surface area contributed by atoms with Crippen molar-refractivity contribution in [2.75, 3.05) is 13.1 Å². The van der Waals surface area contributed by atoms with Gasteiger partial charge in [-0.25, -0.2) is 4.39 Å². The molecule has 5 nitrogen and oxygen atoms in total. The fraction of sp³-hybridized carbons (Fsp3) is 0.571. The minimum atomic E-state index is -0.294. The van der Waals surface area contributed by atoms with Crippen LogP contribution in [0.5, 0.6) is 0 Å². The summed E-state index contributed by atoms with van der Waals surface area (Å²) in [4.78, 5) is 19.4. The molecule has 2 aromatic rings. The molecule has 1 aliphatic heterocycles. The van der Waals surface area contributed by atoms with Crippen LogP contribution in [0.4, 0.5) is 4.39 Å². The Morgan fingerprint density at radius 1 is 1.33 bits per heavy atom. The van der Waals surface area contributed by atoms with Crippen LogP contribution in [0.1, 0.15) is 64.2 Å². The molecule has 3 rings (SSSR count). The lowest BCUT2D eigenvalue weighted by Crippen LogP contribution is -2.42. The van der Waals surface area contributed by atoms with Gasteiger partial charge in [-0.1, -0.05) is 31.8 Å². The van der Waals surface area contributed by atoms with E-state index in [1.807, 2.05) is 4.90 Å². The van der Waals surface area contributed by atoms with E-state index >= 15 is 0 Å². The van der Waals surface area contributed by atoms with Crippen LogP contribution < -0.4 is 0 Å². The first-order valence-corrected chi connectivity index (χ1v) is 10.0. The highest BCUT2D eigenvalue weighted by atomic mass is 19.1. The summed E-state index contributed by atoms with van der Waals surface area (Å²) in [7, 11) is 0. The molecule has 146 valence electrons. The maximum atomic E-state index is 13.1. The molecule has 1 amide bonds. The van der Waals surface area contributed by atoms with E-state index in [0.717, 1.165) is 50.6 Å². The number of amides is 1. The van der Waals surface area contributed by atoms with E-state index in [0.29, 0.717) is 18.3 Å². The number of halogens is 1. The molecule has 1 aliphatic rings. The number of likely N-dealkylation sites (tertiary alicyclic amines) is 1. The minimum Gasteiger partial charge on any atom is -0.342 e. The quantitative estimate of drug-likeness (QED) is 0.699. The molecular weight excluding hydrogens is 345 g/mol. The number of piperidine rings is 1. The zero-order valence-corrected chi connectivity index (χ0v) is 16.2. The highest BCUT2D eigenvalue weighted by Gasteiger charge is 2.31. The van der Waals surface area contributed by atoms with E-state index in [1.54, 1.807) is 12.1 Å². The van der Waals surface area contributed by atoms with Crippen molar-refractivity contribution >= 4 is 5.91 Å². The lowest BCUT2D eigenvalue weighted by molar-refractivity contribution is -0.137. The molecule has 1 fully saturated rings. The third-order valence-electron chi connectivity index (χ3n) is 5.37. The minimum absolute atomic E-state index is 0.0630. The van der Waals surface area contributed by atoms with E-state index in [1.165, 1.54) is 12.1 Å². The summed E-state index contributed by atoms with van der Waals surface area (Å²) in [5.74, 6) is 1.16. The zero-order chi connectivity index (χ0) is 19.2. The van der Waals surface area contributed by atoms with Crippen LogP contribution in [0, 0.1) is 11.7 Å². The van der Waals surface area contributed by atoms with Gasteiger partial charge in [0.2, 0.25) is 17.6 Å². The number of carbonyl (C=O) groups excluding carboxylic acids is 1. The van der Waals surface area contributed by atoms with Gasteiger partial charge in [-0.2, -0.15) is 4.98 Å². The lowest BCUT2D eigenvalue weighted by Gasteiger charge is -2.33. The summed E-state index contributed by atoms with van der Waals surface area (Å²) in [6.07, 6.45) is 5.92. The van der Waals surface area contributed by atoms with Crippen molar-refractivity contribution in [3.8, 4) is 11.4 Å². The Bertz CT molecular complexity index is 744. The number of hydrogen-bond donors (Lipinski definition) is 0. The van der Waals surface area contributed by atoms with Crippen molar-refractivity contribution < 1.29 is 13.7 Å². The summed E-state index contributed by atoms with van der Waals surface area (Å²) < 4.78 is 18.6. The molecule has 1 saturated heterocycles. The zero-order valence-electron chi connectivity index (χ0n) is 16.2. The van der Waals surface area contributed by atoms with E-state index in [2.05, 4.69) is 24.0 Å². The molecule has 0 unspecified atom stereocenters. The van der Waals surface area contributed by atoms with Crippen molar-refractivity contribution in [1.82, 2.24) is 15.0 Å². The van der Waals surface area contributed by atoms with Crippen molar-refractivity contribution in [2.24, 2.45) is 5.92 Å². The predicted octanol–water partition coefficient (Wildman–Crippen LogP) is 4.80. The summed E-state index contributed by atoms with van der Waals surface area (Å²) in [6.45, 7) is 5.68. The topological polar surface area (TPSA) is 59.2 Å². The second kappa shape index (κ2) is 9.11. The molecular formula is C21H28FN3O2. The smallest absolute Gasteiger partial charge is 0.231 e. The second-order valence-electron chi connectivity index (χ2n) is 7.33. The molecule has 2 atom stereocenters. The maximum Gasteiger partial charge on any atom is 0.231 e. The molecule has 0 radical (unpaired) electrons. The summed E-state index contributed by atoms with van der Waals surface area (Å²) in [5.41, 5.74) is 0.723. The normalized spacial score (nSPS) is 18.5. The fourth-order valence-electron chi connectivity index (χ4n) is 3.71. The predicted molar refractivity (Wildman–Crippen MR) is 102 cm³/mol. The Labute approximate surface area is 159 Å². The Kier molecular flexibility index (Phi) is 6.58. The van der Waals surface area contributed by atoms with E-state index < -0.39 is 0 Å². The monoisotopic (exact) mass is 373 g/mol. The van der Waals surface area contributed by atoms with Crippen LogP contribution in [0.2, 0.25) is 0 Å². The Balaban J connectivity index is 1.67. The van der Waals surface area contributed by atoms with Crippen LogP contribution in [0.3, 0.4) is 0 Å². The van der Waals surface area contributed by atoms with Gasteiger partial charge in [0.15, 0.2) is 0 Å². The van der Waals surface area contributed by atoms with Gasteiger partial charge < -0.3 is 9.42 Å². The fourth-order valence-corrected chi connectivity index (χ4v) is 3.71. The summed E-state index contributed by atoms with van der Waals surface area (Å²) in [5, 5.41) is 4.04. The number of benzene rings is 1. The average molecular weight is 373 g/mol. The highest BCUT2D eigenvalue weighted by Crippen LogP contribution is 2.29. The van der Waals surface area contributed by atoms with E-state index in [4.69, 9.17) is 4.52 Å². The first kappa shape index (κ1) is 19.5. The van der Waals surface area contributed by atoms with E-state index in [9.17, 15) is 9.18 Å². The number of aromatic nitrogens is 2. The molecule has 27 heavy (non-hydrogen) atoms. The summed E-state index contributed by atoms with van der Waals surface area (Å²) >= 11 is 0. The van der Waals surface area contributed by atoms with Gasteiger partial charge >= 0.3 is 0 Å². The van der Waals surface area contributed by atoms with Gasteiger partial charge in [-0.05, 0) is 49.9 Å². The first-order chi connectivity index (χ1) is 13.1. The van der Waals surface area contributed by atoms with Gasteiger partial charge in [-0.15, -0.1) is 0 Å². The third kappa shape index (κ3) is 4.73. The Morgan fingerprint density at radius 2 is 2.11 bits per heavy atom. The Morgan fingerprint density at radius 3 is 2.81 bits per heavy atom. The van der Waals surface area contributed by atoms with Crippen molar-refractivity contribution in [1.29, 1.82) is 0 Å². The van der Waals surface area contributed by atoms with Crippen LogP contribution >= 0.6 is 0 Å². The second-order valence-corrected chi connectivity index (χ2v) is 7.33. The number of carbonyl (C=O) groups is 1. The molecule has 2 heterocycles. The van der Waals surface area contributed by atoms with Crippen LogP contribution in [0.25, 0.3) is 11.4 Å². The number of rotatable bonds is 7. The molecule has 0 saturated carbocycles. The summed E-state index contributed by atoms with van der Waals surface area (Å²) in [6, 6.07) is 6.04. The molecule has 1 aromatic carbocycles. The van der Waals surface area contributed by atoms with Crippen molar-refractivity contribution in [3.63, 3.8) is 0 Å². The van der Waals surface area contributed by atoms with Crippen molar-refractivity contribution in [2.45, 2.75) is 58.3 Å². The highest BCUT2D eigenvalue weighted by molar-refractivity contribution is 5.79. The largest absolute Gasteiger partial charge is 0.342 e. The van der Waals surface area contributed by atoms with Gasteiger partial charge in [0.1, 0.15) is 5.82 Å². The third-order valence-corrected chi connectivity index (χ3v) is 5.37. The van der Waals surface area contributed by atoms with Gasteiger partial charge in [0.05, 0.1) is 5.92 Å². The van der Waals surface area contributed by atoms with Gasteiger partial charge in [0.25, 0.3) is 0 Å². The van der Waals surface area contributed by atoms with Crippen LogP contribution in [-0.4, -0.2) is 34.0 Å². The Hall–Kier alpha value is -2.24. The molecule has 0 spiro atoms. The standard InChI is InChI=1S/C21H28FN3O2/c1-3-5-7-15(4-2)21(26)25-13-6-8-17(14-25)20-23-19(24-27-20)16-9-11-18(22)12-10-16/h9-12,15,17H,3-8,13-14H2,1-2H3/t15-,17+/m1/s1. The SMILES string of the molecule is CCCC[C@@H](CC)C(=O)N1CCC[C@H](c2nc(-c3ccc(F)cc3)no2)C1. The van der Waals surface area contributed by atoms with Crippen LogP contribution in [0.15, 0.2) is 28.8 Å². The van der Waals surface area contributed by atoms with Gasteiger partial charge in [-0.3, -0.25) is 4.79 Å². The molecule has 0 bridgehead atoms. The maximum absolute atomic E-state index is 13.1. The van der Waals surface area contributed by atoms with E-state index in [-0.39, 0.29) is 23.6 Å². The molecule has 1 aromatic heterocycles. The molecule has 0 N–H and O–H groups in total. The van der Waals surface area contributed by atoms with Gasteiger partial charge in [0, 0.05) is 24.6 Å². The average Bonchev–Trinajstić information content (AvgIpc) is 3.19.